The van der Waals surface area contributed by atoms with E-state index in [2.05, 4.69) is 86.9 Å². The van der Waals surface area contributed by atoms with Crippen LogP contribution in [0, 0.1) is 0 Å². The molecule has 0 aliphatic carbocycles. The molecule has 2 heteroatoms. The number of nitrogens with zero attached hydrogens (tertiary/aromatic N) is 1. The monoisotopic (exact) mass is 347 g/mol. The molecule has 3 aromatic rings. The number of aryl methyl sites for hydroxylation is 1. The second-order valence-corrected chi connectivity index (χ2v) is 8.42. The van der Waals surface area contributed by atoms with Crippen molar-refractivity contribution in [1.82, 2.24) is 4.57 Å². The number of rotatable bonds is 4. The van der Waals surface area contributed by atoms with Crippen LogP contribution in [0.2, 0.25) is 0 Å². The summed E-state index contributed by atoms with van der Waals surface area (Å²) in [5, 5.41) is 1.34. The van der Waals surface area contributed by atoms with Crippen molar-refractivity contribution < 1.29 is 4.74 Å². The molecule has 0 N–H and O–H groups in total. The van der Waals surface area contributed by atoms with E-state index >= 15 is 0 Å². The van der Waals surface area contributed by atoms with Gasteiger partial charge in [-0.3, -0.25) is 0 Å². The first-order valence-corrected chi connectivity index (χ1v) is 9.83. The molecule has 26 heavy (non-hydrogen) atoms. The first-order valence-electron chi connectivity index (χ1n) is 9.83. The number of benzene rings is 2. The molecule has 2 aromatic carbocycles. The van der Waals surface area contributed by atoms with E-state index in [-0.39, 0.29) is 11.7 Å². The average Bonchev–Trinajstić information content (AvgIpc) is 2.97. The summed E-state index contributed by atoms with van der Waals surface area (Å²) >= 11 is 0. The van der Waals surface area contributed by atoms with E-state index < -0.39 is 0 Å². The third kappa shape index (κ3) is 3.07. The molecule has 0 spiro atoms. The van der Waals surface area contributed by atoms with E-state index in [1.54, 1.807) is 0 Å². The van der Waals surface area contributed by atoms with Crippen LogP contribution in [0.3, 0.4) is 0 Å². The Morgan fingerprint density at radius 1 is 1.04 bits per heavy atom. The van der Waals surface area contributed by atoms with Gasteiger partial charge in [0.25, 0.3) is 0 Å². The predicted octanol–water partition coefficient (Wildman–Crippen LogP) is 6.44. The maximum absolute atomic E-state index is 6.53. The maximum atomic E-state index is 6.53. The van der Waals surface area contributed by atoms with Crippen molar-refractivity contribution in [2.45, 2.75) is 64.7 Å². The Hall–Kier alpha value is -2.06. The van der Waals surface area contributed by atoms with E-state index in [1.807, 2.05) is 0 Å². The van der Waals surface area contributed by atoms with Gasteiger partial charge in [-0.25, -0.2) is 0 Å². The molecule has 2 unspecified atom stereocenters. The number of aromatic nitrogens is 1. The van der Waals surface area contributed by atoms with Crippen LogP contribution in [0.5, 0.6) is 0 Å². The second-order valence-electron chi connectivity index (χ2n) is 8.42. The molecule has 4 rings (SSSR count). The SMILES string of the molecule is CCCc1cc2cccc3c2n1C(c1ccccc1)CC3OC(C)(C)C. The molecule has 136 valence electrons. The van der Waals surface area contributed by atoms with Gasteiger partial charge in [-0.15, -0.1) is 0 Å². The minimum Gasteiger partial charge on any atom is -0.368 e. The molecule has 2 atom stereocenters. The second kappa shape index (κ2) is 6.59. The molecule has 0 saturated heterocycles. The molecule has 0 amide bonds. The standard InChI is InChI=1S/C24H29NO/c1-5-10-19-15-18-13-9-14-20-22(26-24(2,3)4)16-21(25(19)23(18)20)17-11-7-6-8-12-17/h6-9,11-15,21-22H,5,10,16H2,1-4H3. The normalized spacial score (nSPS) is 19.8. The van der Waals surface area contributed by atoms with Crippen molar-refractivity contribution in [3.05, 3.63) is 71.4 Å². The summed E-state index contributed by atoms with van der Waals surface area (Å²) in [5.41, 5.74) is 5.37. The first kappa shape index (κ1) is 17.4. The first-order chi connectivity index (χ1) is 12.5. The number of ether oxygens (including phenoxy) is 1. The third-order valence-electron chi connectivity index (χ3n) is 5.25. The maximum Gasteiger partial charge on any atom is 0.0875 e. The van der Waals surface area contributed by atoms with Gasteiger partial charge in [0.1, 0.15) is 0 Å². The van der Waals surface area contributed by atoms with Gasteiger partial charge in [-0.05, 0) is 38.8 Å². The van der Waals surface area contributed by atoms with E-state index in [0.29, 0.717) is 6.04 Å². The Morgan fingerprint density at radius 3 is 2.50 bits per heavy atom. The van der Waals surface area contributed by atoms with Crippen molar-refractivity contribution in [1.29, 1.82) is 0 Å². The van der Waals surface area contributed by atoms with E-state index in [1.165, 1.54) is 27.7 Å². The Labute approximate surface area is 156 Å². The van der Waals surface area contributed by atoms with Crippen molar-refractivity contribution in [3.8, 4) is 0 Å². The number of hydrogen-bond donors (Lipinski definition) is 0. The van der Waals surface area contributed by atoms with Gasteiger partial charge in [0.05, 0.1) is 23.3 Å². The zero-order chi connectivity index (χ0) is 18.3. The molecular weight excluding hydrogens is 318 g/mol. The van der Waals surface area contributed by atoms with Crippen LogP contribution in [-0.4, -0.2) is 10.2 Å². The van der Waals surface area contributed by atoms with Crippen LogP contribution >= 0.6 is 0 Å². The largest absolute Gasteiger partial charge is 0.368 e. The lowest BCUT2D eigenvalue weighted by Crippen LogP contribution is -2.29. The van der Waals surface area contributed by atoms with Gasteiger partial charge in [-0.1, -0.05) is 61.9 Å². The lowest BCUT2D eigenvalue weighted by atomic mass is 9.91. The Balaban J connectivity index is 1.93. The van der Waals surface area contributed by atoms with E-state index in [9.17, 15) is 0 Å². The third-order valence-corrected chi connectivity index (χ3v) is 5.25. The molecule has 1 aliphatic rings. The topological polar surface area (TPSA) is 14.2 Å². The fourth-order valence-corrected chi connectivity index (χ4v) is 4.37. The summed E-state index contributed by atoms with van der Waals surface area (Å²) < 4.78 is 9.12. The Kier molecular flexibility index (Phi) is 4.40. The van der Waals surface area contributed by atoms with Crippen molar-refractivity contribution in [3.63, 3.8) is 0 Å². The van der Waals surface area contributed by atoms with Gasteiger partial charge in [0, 0.05) is 23.1 Å². The zero-order valence-electron chi connectivity index (χ0n) is 16.3. The summed E-state index contributed by atoms with van der Waals surface area (Å²) in [4.78, 5) is 0. The molecule has 1 aromatic heterocycles. The predicted molar refractivity (Wildman–Crippen MR) is 109 cm³/mol. The summed E-state index contributed by atoms with van der Waals surface area (Å²) in [6.07, 6.45) is 3.39. The van der Waals surface area contributed by atoms with Crippen LogP contribution in [0.1, 0.15) is 69.5 Å². The molecule has 0 fully saturated rings. The fourth-order valence-electron chi connectivity index (χ4n) is 4.37. The quantitative estimate of drug-likeness (QED) is 0.529. The molecule has 0 radical (unpaired) electrons. The smallest absolute Gasteiger partial charge is 0.0875 e. The van der Waals surface area contributed by atoms with Crippen LogP contribution in [0.15, 0.2) is 54.6 Å². The Morgan fingerprint density at radius 2 is 1.81 bits per heavy atom. The van der Waals surface area contributed by atoms with Crippen LogP contribution in [0.4, 0.5) is 0 Å². The lowest BCUT2D eigenvalue weighted by molar-refractivity contribution is -0.0703. The van der Waals surface area contributed by atoms with Crippen LogP contribution in [-0.2, 0) is 11.2 Å². The Bertz CT molecular complexity index is 901. The summed E-state index contributed by atoms with van der Waals surface area (Å²) in [7, 11) is 0. The van der Waals surface area contributed by atoms with Crippen LogP contribution in [0.25, 0.3) is 10.9 Å². The summed E-state index contributed by atoms with van der Waals surface area (Å²) in [6.45, 7) is 8.72. The van der Waals surface area contributed by atoms with Crippen LogP contribution < -0.4 is 0 Å². The summed E-state index contributed by atoms with van der Waals surface area (Å²) in [6, 6.07) is 20.3. The van der Waals surface area contributed by atoms with Crippen molar-refractivity contribution >= 4 is 10.9 Å². The molecule has 2 nitrogen and oxygen atoms in total. The number of para-hydroxylation sites is 1. The van der Waals surface area contributed by atoms with Gasteiger partial charge >= 0.3 is 0 Å². The zero-order valence-corrected chi connectivity index (χ0v) is 16.3. The minimum atomic E-state index is -0.158. The van der Waals surface area contributed by atoms with E-state index in [4.69, 9.17) is 4.74 Å². The van der Waals surface area contributed by atoms with Crippen molar-refractivity contribution in [2.24, 2.45) is 0 Å². The lowest BCUT2D eigenvalue weighted by Gasteiger charge is -2.37. The highest BCUT2D eigenvalue weighted by molar-refractivity contribution is 5.86. The van der Waals surface area contributed by atoms with Gasteiger partial charge in [-0.2, -0.15) is 0 Å². The van der Waals surface area contributed by atoms with Crippen molar-refractivity contribution in [2.75, 3.05) is 0 Å². The molecule has 1 aliphatic heterocycles. The summed E-state index contributed by atoms with van der Waals surface area (Å²) in [5.74, 6) is 0. The highest BCUT2D eigenvalue weighted by Gasteiger charge is 2.33. The van der Waals surface area contributed by atoms with E-state index in [0.717, 1.165) is 19.3 Å². The minimum absolute atomic E-state index is 0.126. The molecule has 0 bridgehead atoms. The number of hydrogen-bond acceptors (Lipinski definition) is 1. The average molecular weight is 348 g/mol. The van der Waals surface area contributed by atoms with Gasteiger partial charge in [0.15, 0.2) is 0 Å². The molecule has 2 heterocycles. The fraction of sp³-hybridized carbons (Fsp3) is 0.417. The highest BCUT2D eigenvalue weighted by Crippen LogP contribution is 2.45. The molecular formula is C24H29NO. The highest BCUT2D eigenvalue weighted by atomic mass is 16.5. The molecule has 0 saturated carbocycles. The van der Waals surface area contributed by atoms with Gasteiger partial charge < -0.3 is 9.30 Å². The van der Waals surface area contributed by atoms with Gasteiger partial charge in [0.2, 0.25) is 0 Å².